The Kier molecular flexibility index (Phi) is 8.55. The number of carbonyl (C=O) groups excluding carboxylic acids is 1. The highest BCUT2D eigenvalue weighted by Gasteiger charge is 2.17. The average molecular weight is 519 g/mol. The number of allylic oxidation sites excluding steroid dienone is 3. The van der Waals surface area contributed by atoms with Crippen LogP contribution in [-0.4, -0.2) is 43.9 Å². The number of anilines is 1. The summed E-state index contributed by atoms with van der Waals surface area (Å²) in [4.78, 5) is 26.8. The zero-order valence-corrected chi connectivity index (χ0v) is 21.1. The average Bonchev–Trinajstić information content (AvgIpc) is 2.90. The van der Waals surface area contributed by atoms with Crippen LogP contribution in [0.25, 0.3) is 0 Å². The molecule has 2 aromatic rings. The van der Waals surface area contributed by atoms with Gasteiger partial charge in [-0.15, -0.1) is 0 Å². The number of nitrogens with zero attached hydrogens (tertiary/aromatic N) is 2. The van der Waals surface area contributed by atoms with Crippen molar-refractivity contribution in [3.63, 3.8) is 0 Å². The Morgan fingerprint density at radius 3 is 2.60 bits per heavy atom. The third-order valence-corrected chi connectivity index (χ3v) is 6.81. The first-order valence-electron chi connectivity index (χ1n) is 11.6. The molecule has 0 amide bonds. The summed E-state index contributed by atoms with van der Waals surface area (Å²) in [5.74, 6) is 0.379. The van der Waals surface area contributed by atoms with Crippen molar-refractivity contribution >= 4 is 34.9 Å². The molecule has 1 saturated heterocycles. The van der Waals surface area contributed by atoms with Gasteiger partial charge in [-0.3, -0.25) is 4.79 Å². The number of aromatic nitrogens is 1. The number of esters is 1. The first kappa shape index (κ1) is 25.4. The summed E-state index contributed by atoms with van der Waals surface area (Å²) in [5, 5.41) is 0.447. The molecule has 0 bridgehead atoms. The lowest BCUT2D eigenvalue weighted by atomic mass is 9.96. The van der Waals surface area contributed by atoms with Crippen LogP contribution in [0.2, 0.25) is 10.0 Å². The van der Waals surface area contributed by atoms with Crippen LogP contribution >= 0.6 is 23.2 Å². The number of pyridine rings is 1. The van der Waals surface area contributed by atoms with Crippen LogP contribution in [0.4, 0.5) is 5.69 Å². The maximum absolute atomic E-state index is 12.9. The smallest absolute Gasteiger partial charge is 0.333 e. The van der Waals surface area contributed by atoms with Gasteiger partial charge in [0, 0.05) is 37.0 Å². The molecule has 35 heavy (non-hydrogen) atoms. The lowest BCUT2D eigenvalue weighted by molar-refractivity contribution is -0.136. The van der Waals surface area contributed by atoms with Crippen molar-refractivity contribution in [2.24, 2.45) is 0 Å². The molecular weight excluding hydrogens is 491 g/mol. The number of halogens is 2. The molecular formula is C26H28Cl2N2O5. The van der Waals surface area contributed by atoms with E-state index >= 15 is 0 Å². The molecule has 0 spiro atoms. The van der Waals surface area contributed by atoms with Crippen molar-refractivity contribution in [1.82, 2.24) is 4.57 Å². The van der Waals surface area contributed by atoms with E-state index in [4.69, 9.17) is 37.4 Å². The molecule has 1 aromatic heterocycles. The van der Waals surface area contributed by atoms with E-state index in [9.17, 15) is 9.59 Å². The van der Waals surface area contributed by atoms with Gasteiger partial charge in [-0.05, 0) is 37.5 Å². The molecule has 0 saturated carbocycles. The van der Waals surface area contributed by atoms with E-state index in [1.807, 2.05) is 30.3 Å². The van der Waals surface area contributed by atoms with Crippen LogP contribution in [0.5, 0.6) is 5.75 Å². The molecule has 1 aliphatic carbocycles. The van der Waals surface area contributed by atoms with Crippen molar-refractivity contribution in [3.8, 4) is 5.75 Å². The fourth-order valence-corrected chi connectivity index (χ4v) is 4.74. The van der Waals surface area contributed by atoms with Crippen LogP contribution in [0.15, 0.2) is 58.4 Å². The van der Waals surface area contributed by atoms with E-state index in [-0.39, 0.29) is 23.2 Å². The quantitative estimate of drug-likeness (QED) is 0.468. The number of carbonyl (C=O) groups is 1. The summed E-state index contributed by atoms with van der Waals surface area (Å²) in [6, 6.07) is 9.32. The maximum atomic E-state index is 12.9. The van der Waals surface area contributed by atoms with Crippen LogP contribution in [0, 0.1) is 0 Å². The van der Waals surface area contributed by atoms with Gasteiger partial charge in [0.25, 0.3) is 5.56 Å². The van der Waals surface area contributed by atoms with Crippen molar-refractivity contribution in [1.29, 1.82) is 0 Å². The summed E-state index contributed by atoms with van der Waals surface area (Å²) in [7, 11) is 1.38. The Morgan fingerprint density at radius 2 is 1.89 bits per heavy atom. The summed E-state index contributed by atoms with van der Waals surface area (Å²) in [5.41, 5.74) is 3.10. The van der Waals surface area contributed by atoms with Crippen LogP contribution in [0.3, 0.4) is 0 Å². The summed E-state index contributed by atoms with van der Waals surface area (Å²) in [6.07, 6.45) is 5.66. The molecule has 7 nitrogen and oxygen atoms in total. The van der Waals surface area contributed by atoms with E-state index in [0.29, 0.717) is 54.6 Å². The Labute approximate surface area is 214 Å². The number of ether oxygens (including phenoxy) is 3. The molecule has 186 valence electrons. The fourth-order valence-electron chi connectivity index (χ4n) is 4.21. The Balaban J connectivity index is 1.49. The van der Waals surface area contributed by atoms with Crippen LogP contribution < -0.4 is 15.2 Å². The molecule has 0 atom stereocenters. The number of benzene rings is 1. The minimum Gasteiger partial charge on any atom is -0.487 e. The van der Waals surface area contributed by atoms with Gasteiger partial charge in [-0.2, -0.15) is 0 Å². The minimum absolute atomic E-state index is 0.0681. The Morgan fingerprint density at radius 1 is 1.09 bits per heavy atom. The number of hydrogen-bond acceptors (Lipinski definition) is 6. The normalized spacial score (nSPS) is 15.9. The predicted molar refractivity (Wildman–Crippen MR) is 137 cm³/mol. The topological polar surface area (TPSA) is 70.0 Å². The summed E-state index contributed by atoms with van der Waals surface area (Å²) in [6.45, 7) is 3.60. The summed E-state index contributed by atoms with van der Waals surface area (Å²) >= 11 is 12.7. The molecule has 4 rings (SSSR count). The first-order chi connectivity index (χ1) is 17.0. The van der Waals surface area contributed by atoms with E-state index in [1.165, 1.54) is 13.2 Å². The van der Waals surface area contributed by atoms with Gasteiger partial charge in [0.05, 0.1) is 31.0 Å². The van der Waals surface area contributed by atoms with E-state index < -0.39 is 0 Å². The van der Waals surface area contributed by atoms with Crippen molar-refractivity contribution in [2.45, 2.75) is 32.4 Å². The summed E-state index contributed by atoms with van der Waals surface area (Å²) < 4.78 is 17.9. The van der Waals surface area contributed by atoms with Crippen LogP contribution in [0.1, 0.15) is 25.0 Å². The molecule has 9 heteroatoms. The molecule has 1 aromatic carbocycles. The molecule has 1 aliphatic heterocycles. The SMILES string of the molecule is COC(=O)C1=CC=C(CCn2c(COc3cccc(N4CCOCC4)c3)c(Cl)cc(Cl)c2=O)CC1. The number of methoxy groups -OCH3 is 1. The molecule has 0 radical (unpaired) electrons. The van der Waals surface area contributed by atoms with E-state index in [1.54, 1.807) is 10.6 Å². The fraction of sp³-hybridized carbons (Fsp3) is 0.385. The van der Waals surface area contributed by atoms with Crippen LogP contribution in [-0.2, 0) is 27.4 Å². The zero-order valence-electron chi connectivity index (χ0n) is 19.6. The first-order valence-corrected chi connectivity index (χ1v) is 12.3. The second kappa shape index (κ2) is 11.8. The van der Waals surface area contributed by atoms with Gasteiger partial charge in [0.2, 0.25) is 0 Å². The third kappa shape index (κ3) is 6.28. The van der Waals surface area contributed by atoms with Gasteiger partial charge in [-0.1, -0.05) is 47.0 Å². The highest BCUT2D eigenvalue weighted by atomic mass is 35.5. The Bertz CT molecular complexity index is 1200. The standard InChI is InChI=1S/C26H28Cl2N2O5/c1-33-26(32)19-7-5-18(6-8-19)9-10-30-24(22(27)16-23(28)25(30)31)17-35-21-4-2-3-20(15-21)29-11-13-34-14-12-29/h2-5,7,15-16H,6,8-14,17H2,1H3. The molecule has 0 N–H and O–H groups in total. The largest absolute Gasteiger partial charge is 0.487 e. The highest BCUT2D eigenvalue weighted by molar-refractivity contribution is 6.34. The van der Waals surface area contributed by atoms with Crippen molar-refractivity contribution in [2.75, 3.05) is 38.3 Å². The zero-order chi connectivity index (χ0) is 24.8. The van der Waals surface area contributed by atoms with Crippen molar-refractivity contribution < 1.29 is 19.0 Å². The number of morpholine rings is 1. The van der Waals surface area contributed by atoms with Gasteiger partial charge < -0.3 is 23.7 Å². The van der Waals surface area contributed by atoms with Gasteiger partial charge in [-0.25, -0.2) is 4.79 Å². The lowest BCUT2D eigenvalue weighted by Crippen LogP contribution is -2.36. The highest BCUT2D eigenvalue weighted by Crippen LogP contribution is 2.26. The Hall–Kier alpha value is -2.74. The molecule has 2 heterocycles. The van der Waals surface area contributed by atoms with Gasteiger partial charge >= 0.3 is 5.97 Å². The predicted octanol–water partition coefficient (Wildman–Crippen LogP) is 4.78. The monoisotopic (exact) mass is 518 g/mol. The number of hydrogen-bond donors (Lipinski definition) is 0. The minimum atomic E-state index is -0.310. The maximum Gasteiger partial charge on any atom is 0.333 e. The van der Waals surface area contributed by atoms with Gasteiger partial charge in [0.15, 0.2) is 0 Å². The van der Waals surface area contributed by atoms with Crippen molar-refractivity contribution in [3.05, 3.63) is 79.7 Å². The van der Waals surface area contributed by atoms with E-state index in [2.05, 4.69) is 4.90 Å². The van der Waals surface area contributed by atoms with E-state index in [0.717, 1.165) is 30.8 Å². The molecule has 0 unspecified atom stereocenters. The second-order valence-electron chi connectivity index (χ2n) is 8.39. The lowest BCUT2D eigenvalue weighted by Gasteiger charge is -2.29. The molecule has 2 aliphatic rings. The number of rotatable bonds is 8. The second-order valence-corrected chi connectivity index (χ2v) is 9.20. The molecule has 1 fully saturated rings. The third-order valence-electron chi connectivity index (χ3n) is 6.21. The van der Waals surface area contributed by atoms with Gasteiger partial charge in [0.1, 0.15) is 17.4 Å².